The van der Waals surface area contributed by atoms with Crippen LogP contribution in [0.4, 0.5) is 18.9 Å². The molecule has 1 aromatic heterocycles. The van der Waals surface area contributed by atoms with Crippen LogP contribution in [0.1, 0.15) is 28.8 Å². The van der Waals surface area contributed by atoms with Gasteiger partial charge in [0, 0.05) is 30.5 Å². The van der Waals surface area contributed by atoms with E-state index in [1.54, 1.807) is 12.1 Å². The highest BCUT2D eigenvalue weighted by atomic mass is 19.4. The van der Waals surface area contributed by atoms with E-state index in [1.165, 1.54) is 18.3 Å². The van der Waals surface area contributed by atoms with Crippen LogP contribution >= 0.6 is 0 Å². The van der Waals surface area contributed by atoms with E-state index in [-0.39, 0.29) is 17.0 Å². The molecule has 3 aliphatic heterocycles. The molecule has 154 valence electrons. The zero-order chi connectivity index (χ0) is 20.5. The van der Waals surface area contributed by atoms with Crippen molar-refractivity contribution in [1.82, 2.24) is 10.3 Å². The second kappa shape index (κ2) is 7.64. The van der Waals surface area contributed by atoms with Crippen molar-refractivity contribution < 1.29 is 27.4 Å². The maximum atomic E-state index is 12.3. The first-order chi connectivity index (χ1) is 13.8. The molecule has 9 heteroatoms. The smallest absolute Gasteiger partial charge is 0.422 e. The third-order valence-electron chi connectivity index (χ3n) is 5.18. The van der Waals surface area contributed by atoms with Crippen molar-refractivity contribution >= 4 is 11.6 Å². The molecular formula is C20H20F3N3O3. The number of amides is 1. The van der Waals surface area contributed by atoms with Gasteiger partial charge in [-0.15, -0.1) is 0 Å². The Bertz CT molecular complexity index is 848. The van der Waals surface area contributed by atoms with Gasteiger partial charge in [0.25, 0.3) is 5.91 Å². The summed E-state index contributed by atoms with van der Waals surface area (Å²) in [6, 6.07) is 10.5. The molecule has 0 radical (unpaired) electrons. The SMILES string of the molecule is O=C(Nc1ccc([C@@]23CCC(CO2)NC3)cc1)c1ccc(OCC(F)(F)F)nc1. The van der Waals surface area contributed by atoms with Gasteiger partial charge < -0.3 is 20.1 Å². The maximum absolute atomic E-state index is 12.3. The lowest BCUT2D eigenvalue weighted by Crippen LogP contribution is -2.57. The number of anilines is 1. The monoisotopic (exact) mass is 407 g/mol. The van der Waals surface area contributed by atoms with Crippen LogP contribution in [0.2, 0.25) is 0 Å². The van der Waals surface area contributed by atoms with Crippen LogP contribution in [0.5, 0.6) is 5.88 Å². The largest absolute Gasteiger partial charge is 0.468 e. The molecule has 0 spiro atoms. The molecule has 4 heterocycles. The van der Waals surface area contributed by atoms with Crippen LogP contribution in [-0.4, -0.2) is 42.9 Å². The zero-order valence-corrected chi connectivity index (χ0v) is 15.5. The Morgan fingerprint density at radius 2 is 2.07 bits per heavy atom. The molecule has 29 heavy (non-hydrogen) atoms. The summed E-state index contributed by atoms with van der Waals surface area (Å²) in [4.78, 5) is 16.1. The number of hydrogen-bond donors (Lipinski definition) is 2. The Kier molecular flexibility index (Phi) is 5.18. The van der Waals surface area contributed by atoms with Crippen molar-refractivity contribution in [2.45, 2.75) is 30.7 Å². The topological polar surface area (TPSA) is 72.5 Å². The lowest BCUT2D eigenvalue weighted by molar-refractivity contribution is -0.154. The molecule has 2 bridgehead atoms. The third kappa shape index (κ3) is 4.51. The summed E-state index contributed by atoms with van der Waals surface area (Å²) in [6.07, 6.45) is -1.23. The first-order valence-corrected chi connectivity index (χ1v) is 9.28. The summed E-state index contributed by atoms with van der Waals surface area (Å²) < 4.78 is 47.1. The molecule has 2 aromatic rings. The van der Waals surface area contributed by atoms with Crippen LogP contribution in [0.15, 0.2) is 42.6 Å². The predicted octanol–water partition coefficient (Wildman–Crippen LogP) is 3.25. The number of morpholine rings is 1. The maximum Gasteiger partial charge on any atom is 0.422 e. The van der Waals surface area contributed by atoms with Gasteiger partial charge in [-0.1, -0.05) is 12.1 Å². The number of hydrogen-bond acceptors (Lipinski definition) is 5. The van der Waals surface area contributed by atoms with Crippen molar-refractivity contribution in [1.29, 1.82) is 0 Å². The molecule has 1 amide bonds. The molecule has 0 aliphatic carbocycles. The summed E-state index contributed by atoms with van der Waals surface area (Å²) >= 11 is 0. The number of carbonyl (C=O) groups is 1. The first kappa shape index (κ1) is 19.7. The Morgan fingerprint density at radius 1 is 1.28 bits per heavy atom. The highest BCUT2D eigenvalue weighted by molar-refractivity contribution is 6.04. The van der Waals surface area contributed by atoms with E-state index in [0.717, 1.165) is 24.9 Å². The number of fused-ring (bicyclic) bond motifs is 3. The van der Waals surface area contributed by atoms with Crippen molar-refractivity contribution in [3.8, 4) is 5.88 Å². The molecule has 6 nitrogen and oxygen atoms in total. The third-order valence-corrected chi connectivity index (χ3v) is 5.18. The zero-order valence-electron chi connectivity index (χ0n) is 15.5. The fourth-order valence-corrected chi connectivity index (χ4v) is 3.58. The molecule has 3 saturated heterocycles. The van der Waals surface area contributed by atoms with E-state index in [9.17, 15) is 18.0 Å². The van der Waals surface area contributed by atoms with E-state index < -0.39 is 18.7 Å². The van der Waals surface area contributed by atoms with Crippen molar-refractivity contribution in [2.75, 3.05) is 25.1 Å². The first-order valence-electron chi connectivity index (χ1n) is 9.28. The highest BCUT2D eigenvalue weighted by Gasteiger charge is 2.42. The number of carbonyl (C=O) groups excluding carboxylic acids is 1. The number of rotatable bonds is 5. The minimum absolute atomic E-state index is 0.196. The van der Waals surface area contributed by atoms with Crippen molar-refractivity contribution in [3.63, 3.8) is 0 Å². The predicted molar refractivity (Wildman–Crippen MR) is 98.8 cm³/mol. The van der Waals surface area contributed by atoms with E-state index in [1.807, 2.05) is 12.1 Å². The van der Waals surface area contributed by atoms with Gasteiger partial charge in [0.15, 0.2) is 6.61 Å². The second-order valence-electron chi connectivity index (χ2n) is 7.24. The van der Waals surface area contributed by atoms with Gasteiger partial charge >= 0.3 is 6.18 Å². The van der Waals surface area contributed by atoms with Crippen molar-refractivity contribution in [2.24, 2.45) is 0 Å². The van der Waals surface area contributed by atoms with Crippen LogP contribution in [0.25, 0.3) is 0 Å². The molecule has 3 aliphatic rings. The average molecular weight is 407 g/mol. The number of benzene rings is 1. The van der Waals surface area contributed by atoms with Crippen LogP contribution < -0.4 is 15.4 Å². The van der Waals surface area contributed by atoms with Gasteiger partial charge in [0.2, 0.25) is 5.88 Å². The Morgan fingerprint density at radius 3 is 2.62 bits per heavy atom. The minimum atomic E-state index is -4.44. The second-order valence-corrected chi connectivity index (χ2v) is 7.24. The Balaban J connectivity index is 1.37. The lowest BCUT2D eigenvalue weighted by atomic mass is 9.81. The molecular weight excluding hydrogens is 387 g/mol. The molecule has 3 fully saturated rings. The van der Waals surface area contributed by atoms with Crippen LogP contribution in [0.3, 0.4) is 0 Å². The van der Waals surface area contributed by atoms with Gasteiger partial charge in [-0.3, -0.25) is 4.79 Å². The Hall–Kier alpha value is -2.65. The molecule has 0 saturated carbocycles. The average Bonchev–Trinajstić information content (AvgIpc) is 2.74. The van der Waals surface area contributed by atoms with E-state index in [0.29, 0.717) is 18.3 Å². The molecule has 5 rings (SSSR count). The molecule has 1 aromatic carbocycles. The number of piperidine rings is 1. The van der Waals surface area contributed by atoms with E-state index in [2.05, 4.69) is 20.4 Å². The van der Waals surface area contributed by atoms with Crippen molar-refractivity contribution in [3.05, 3.63) is 53.7 Å². The van der Waals surface area contributed by atoms with E-state index >= 15 is 0 Å². The van der Waals surface area contributed by atoms with Gasteiger partial charge in [-0.2, -0.15) is 13.2 Å². The lowest BCUT2D eigenvalue weighted by Gasteiger charge is -2.47. The molecule has 2 atom stereocenters. The van der Waals surface area contributed by atoms with Gasteiger partial charge in [0.1, 0.15) is 5.60 Å². The fourth-order valence-electron chi connectivity index (χ4n) is 3.58. The number of aromatic nitrogens is 1. The summed E-state index contributed by atoms with van der Waals surface area (Å²) in [6.45, 7) is 0.0469. The summed E-state index contributed by atoms with van der Waals surface area (Å²) in [5.41, 5.74) is 1.57. The Labute approximate surface area is 165 Å². The van der Waals surface area contributed by atoms with Crippen LogP contribution in [0, 0.1) is 0 Å². The summed E-state index contributed by atoms with van der Waals surface area (Å²) in [5.74, 6) is -0.611. The molecule has 1 unspecified atom stereocenters. The number of ether oxygens (including phenoxy) is 2. The minimum Gasteiger partial charge on any atom is -0.468 e. The summed E-state index contributed by atoms with van der Waals surface area (Å²) in [7, 11) is 0. The standard InChI is InChI=1S/C20H20F3N3O3/c21-20(22,23)12-28-17-6-1-13(9-24-17)18(27)26-15-4-2-14(3-5-15)19-8-7-16(10-29-19)25-11-19/h1-6,9,16,25H,7-8,10-12H2,(H,26,27)/t16?,19-/m0/s1. The number of halogens is 3. The fraction of sp³-hybridized carbons (Fsp3) is 0.400. The normalized spacial score (nSPS) is 23.6. The number of pyridine rings is 1. The van der Waals surface area contributed by atoms with Gasteiger partial charge in [-0.25, -0.2) is 4.98 Å². The number of nitrogens with one attached hydrogen (secondary N) is 2. The summed E-state index contributed by atoms with van der Waals surface area (Å²) in [5, 5.41) is 6.22. The van der Waals surface area contributed by atoms with Gasteiger partial charge in [-0.05, 0) is 36.6 Å². The van der Waals surface area contributed by atoms with Crippen LogP contribution in [-0.2, 0) is 10.3 Å². The quantitative estimate of drug-likeness (QED) is 0.796. The van der Waals surface area contributed by atoms with E-state index in [4.69, 9.17) is 4.74 Å². The molecule has 2 N–H and O–H groups in total. The number of alkyl halides is 3. The number of nitrogens with zero attached hydrogens (tertiary/aromatic N) is 1. The van der Waals surface area contributed by atoms with Gasteiger partial charge in [0.05, 0.1) is 12.2 Å². The highest BCUT2D eigenvalue weighted by Crippen LogP contribution is 2.38.